The summed E-state index contributed by atoms with van der Waals surface area (Å²) in [7, 11) is -9.93. The summed E-state index contributed by atoms with van der Waals surface area (Å²) in [6.45, 7) is 9.76. The Balaban J connectivity index is 5.25. The summed E-state index contributed by atoms with van der Waals surface area (Å²) in [6, 6.07) is 0. The second kappa shape index (κ2) is 79.3. The maximum atomic E-state index is 13.2. The van der Waals surface area contributed by atoms with Crippen LogP contribution in [0.5, 0.6) is 0 Å². The number of unbranched alkanes of at least 4 members (excludes halogenated alkanes) is 55. The van der Waals surface area contributed by atoms with Gasteiger partial charge in [-0.15, -0.1) is 0 Å². The van der Waals surface area contributed by atoms with E-state index in [9.17, 15) is 43.2 Å². The highest BCUT2D eigenvalue weighted by Crippen LogP contribution is 2.45. The van der Waals surface area contributed by atoms with Gasteiger partial charge in [0.15, 0.2) is 12.2 Å². The Hall–Kier alpha value is -1.94. The molecule has 0 rings (SSSR count). The summed E-state index contributed by atoms with van der Waals surface area (Å²) in [6.07, 6.45) is 72.1. The van der Waals surface area contributed by atoms with Crippen LogP contribution < -0.4 is 0 Å². The Morgan fingerprint density at radius 2 is 0.449 bits per heavy atom. The number of phosphoric ester groups is 2. The van der Waals surface area contributed by atoms with Crippen LogP contribution in [0.3, 0.4) is 0 Å². The highest BCUT2D eigenvalue weighted by Gasteiger charge is 2.31. The van der Waals surface area contributed by atoms with Gasteiger partial charge < -0.3 is 33.8 Å². The highest BCUT2D eigenvalue weighted by molar-refractivity contribution is 7.47. The minimum absolute atomic E-state index is 0.108. The normalized spacial score (nSPS) is 14.3. The molecular weight excluding hydrogens is 1390 g/mol. The van der Waals surface area contributed by atoms with Crippen molar-refractivity contribution in [3.8, 4) is 0 Å². The summed E-state index contributed by atoms with van der Waals surface area (Å²) >= 11 is 0. The van der Waals surface area contributed by atoms with Crippen molar-refractivity contribution in [2.24, 2.45) is 11.8 Å². The lowest BCUT2D eigenvalue weighted by Gasteiger charge is -2.21. The third-order valence-electron chi connectivity index (χ3n) is 21.4. The van der Waals surface area contributed by atoms with Crippen LogP contribution in [0.2, 0.25) is 0 Å². The Morgan fingerprint density at radius 3 is 0.664 bits per heavy atom. The van der Waals surface area contributed by atoms with Crippen molar-refractivity contribution in [3.63, 3.8) is 0 Å². The van der Waals surface area contributed by atoms with Gasteiger partial charge in [-0.3, -0.25) is 37.3 Å². The van der Waals surface area contributed by atoms with Crippen molar-refractivity contribution in [2.45, 2.75) is 490 Å². The zero-order chi connectivity index (χ0) is 78.5. The third kappa shape index (κ3) is 79.1. The summed E-state index contributed by atoms with van der Waals surface area (Å²) < 4.78 is 69.0. The van der Waals surface area contributed by atoms with E-state index in [2.05, 4.69) is 41.5 Å². The molecule has 0 aliphatic heterocycles. The van der Waals surface area contributed by atoms with Crippen LogP contribution in [0.1, 0.15) is 472 Å². The number of carbonyl (C=O) groups is 4. The lowest BCUT2D eigenvalue weighted by Crippen LogP contribution is -2.30. The SMILES string of the molecule is CCCCCCCCCCCCCCCCCCCC(=O)OC[C@H](COP(=O)(O)OC[C@@H](O)COP(=O)(O)OC[C@@H](COC(=O)CCCCCCCCCCC(C)CC)OC(=O)CCCCCCCCCCCCCCCCCC)OC(=O)CCCCCCCCCCCCCCCCCCCCC(C)CC. The summed E-state index contributed by atoms with van der Waals surface area (Å²) in [4.78, 5) is 73.3. The van der Waals surface area contributed by atoms with Gasteiger partial charge in [0.1, 0.15) is 19.3 Å². The monoisotopic (exact) mass is 1560 g/mol. The van der Waals surface area contributed by atoms with Gasteiger partial charge in [0.2, 0.25) is 0 Å². The molecule has 0 radical (unpaired) electrons. The van der Waals surface area contributed by atoms with Crippen molar-refractivity contribution in [3.05, 3.63) is 0 Å². The molecule has 0 aromatic carbocycles. The molecule has 0 fully saturated rings. The minimum atomic E-state index is -4.97. The van der Waals surface area contributed by atoms with Gasteiger partial charge in [0.25, 0.3) is 0 Å². The van der Waals surface area contributed by atoms with Crippen molar-refractivity contribution >= 4 is 39.5 Å². The second-order valence-corrected chi connectivity index (χ2v) is 35.0. The number of hydrogen-bond donors (Lipinski definition) is 3. The van der Waals surface area contributed by atoms with Gasteiger partial charge in [0.05, 0.1) is 26.4 Å². The molecule has 0 aromatic heterocycles. The van der Waals surface area contributed by atoms with Crippen LogP contribution in [0.25, 0.3) is 0 Å². The lowest BCUT2D eigenvalue weighted by molar-refractivity contribution is -0.161. The summed E-state index contributed by atoms with van der Waals surface area (Å²) in [5.41, 5.74) is 0. The standard InChI is InChI=1S/C88H172O17P2/c1-7-11-13-15-17-19-21-23-25-29-34-37-41-45-52-58-64-70-85(90)98-76-83(104-87(92)73-67-61-55-47-43-39-35-31-28-27-30-32-36-40-44-50-56-62-68-80(5)9-3)78-102-106(94,95)100-74-82(89)75-101-107(96,97)103-79-84(77-99-86(91)71-65-59-53-49-48-51-57-63-69-81(6)10-4)105-88(93)72-66-60-54-46-42-38-33-26-24-22-20-18-16-14-12-8-2/h80-84,89H,7-79H2,1-6H3,(H,94,95)(H,96,97)/t80?,81?,82-,83-,84-/m1/s1. The molecule has 0 bridgehead atoms. The molecule has 4 unspecified atom stereocenters. The van der Waals surface area contributed by atoms with Crippen LogP contribution >= 0.6 is 15.6 Å². The summed E-state index contributed by atoms with van der Waals surface area (Å²) in [5, 5.41) is 10.7. The smallest absolute Gasteiger partial charge is 0.462 e. The Morgan fingerprint density at radius 1 is 0.262 bits per heavy atom. The predicted octanol–water partition coefficient (Wildman–Crippen LogP) is 27.0. The molecule has 107 heavy (non-hydrogen) atoms. The molecule has 0 aliphatic carbocycles. The first kappa shape index (κ1) is 105. The molecular formula is C88H172O17P2. The molecule has 0 aromatic rings. The first-order chi connectivity index (χ1) is 51.9. The minimum Gasteiger partial charge on any atom is -0.462 e. The van der Waals surface area contributed by atoms with Gasteiger partial charge in [-0.05, 0) is 37.5 Å². The molecule has 636 valence electrons. The fraction of sp³-hybridized carbons (Fsp3) is 0.955. The largest absolute Gasteiger partial charge is 0.472 e. The van der Waals surface area contributed by atoms with E-state index in [1.165, 1.54) is 289 Å². The van der Waals surface area contributed by atoms with E-state index < -0.39 is 97.5 Å². The highest BCUT2D eigenvalue weighted by atomic mass is 31.2. The van der Waals surface area contributed by atoms with E-state index in [1.54, 1.807) is 0 Å². The van der Waals surface area contributed by atoms with E-state index in [1.807, 2.05) is 0 Å². The molecule has 0 saturated heterocycles. The average molecular weight is 1560 g/mol. The van der Waals surface area contributed by atoms with Gasteiger partial charge in [-0.25, -0.2) is 9.13 Å². The number of phosphoric acid groups is 2. The Bertz CT molecular complexity index is 2050. The van der Waals surface area contributed by atoms with Crippen LogP contribution in [-0.2, 0) is 65.4 Å². The van der Waals surface area contributed by atoms with E-state index in [-0.39, 0.29) is 25.7 Å². The van der Waals surface area contributed by atoms with Crippen molar-refractivity contribution in [2.75, 3.05) is 39.6 Å². The molecule has 0 spiro atoms. The van der Waals surface area contributed by atoms with Crippen molar-refractivity contribution < 1.29 is 80.2 Å². The quantitative estimate of drug-likeness (QED) is 0.0222. The van der Waals surface area contributed by atoms with E-state index in [0.29, 0.717) is 25.7 Å². The van der Waals surface area contributed by atoms with Gasteiger partial charge >= 0.3 is 39.5 Å². The van der Waals surface area contributed by atoms with Crippen LogP contribution in [0, 0.1) is 11.8 Å². The van der Waals surface area contributed by atoms with Crippen molar-refractivity contribution in [1.29, 1.82) is 0 Å². The van der Waals surface area contributed by atoms with Gasteiger partial charge in [0, 0.05) is 25.7 Å². The van der Waals surface area contributed by atoms with Crippen LogP contribution in [0.15, 0.2) is 0 Å². The zero-order valence-electron chi connectivity index (χ0n) is 70.5. The molecule has 3 N–H and O–H groups in total. The number of carbonyl (C=O) groups excluding carboxylic acids is 4. The Kier molecular flexibility index (Phi) is 77.9. The first-order valence-corrected chi connectivity index (χ1v) is 48.6. The maximum absolute atomic E-state index is 13.2. The van der Waals surface area contributed by atoms with E-state index >= 15 is 0 Å². The fourth-order valence-electron chi connectivity index (χ4n) is 13.7. The second-order valence-electron chi connectivity index (χ2n) is 32.1. The predicted molar refractivity (Wildman–Crippen MR) is 442 cm³/mol. The number of aliphatic hydroxyl groups excluding tert-OH is 1. The first-order valence-electron chi connectivity index (χ1n) is 45.6. The van der Waals surface area contributed by atoms with E-state index in [4.69, 9.17) is 37.0 Å². The van der Waals surface area contributed by atoms with Crippen LogP contribution in [0.4, 0.5) is 0 Å². The molecule has 0 heterocycles. The van der Waals surface area contributed by atoms with E-state index in [0.717, 1.165) is 102 Å². The maximum Gasteiger partial charge on any atom is 0.472 e. The molecule has 17 nitrogen and oxygen atoms in total. The number of ether oxygens (including phenoxy) is 4. The Labute approximate surface area is 658 Å². The van der Waals surface area contributed by atoms with Gasteiger partial charge in [-0.2, -0.15) is 0 Å². The topological polar surface area (TPSA) is 237 Å². The number of aliphatic hydroxyl groups is 1. The molecule has 0 amide bonds. The molecule has 0 aliphatic rings. The lowest BCUT2D eigenvalue weighted by atomic mass is 9.99. The zero-order valence-corrected chi connectivity index (χ0v) is 72.2. The molecule has 7 atom stereocenters. The number of hydrogen-bond acceptors (Lipinski definition) is 15. The number of rotatable bonds is 87. The summed E-state index contributed by atoms with van der Waals surface area (Å²) in [5.74, 6) is -0.450. The van der Waals surface area contributed by atoms with Crippen LogP contribution in [-0.4, -0.2) is 96.7 Å². The molecule has 0 saturated carbocycles. The van der Waals surface area contributed by atoms with Gasteiger partial charge in [-0.1, -0.05) is 420 Å². The molecule has 19 heteroatoms. The van der Waals surface area contributed by atoms with Crippen molar-refractivity contribution in [1.82, 2.24) is 0 Å². The average Bonchev–Trinajstić information content (AvgIpc) is 0.906. The fourth-order valence-corrected chi connectivity index (χ4v) is 15.3. The third-order valence-corrected chi connectivity index (χ3v) is 23.3. The number of esters is 4.